The number of aromatic nitrogens is 2. The van der Waals surface area contributed by atoms with Crippen LogP contribution in [-0.2, 0) is 0 Å². The maximum Gasteiger partial charge on any atom is 0.293 e. The number of hydrogen-bond donors (Lipinski definition) is 1. The lowest BCUT2D eigenvalue weighted by atomic mass is 10.1. The zero-order valence-electron chi connectivity index (χ0n) is 16.8. The van der Waals surface area contributed by atoms with Gasteiger partial charge in [0.2, 0.25) is 0 Å². The second-order valence-corrected chi connectivity index (χ2v) is 9.68. The Morgan fingerprint density at radius 3 is 2.52 bits per heavy atom. The standard InChI is InChI=1S/C21H19N5O3S2/c1-12-22-14-6-7-15-19(18(14)30-12)31-21(23-15)24-20(27)13-5-8-16(17(11-13)26(28)29)25-9-3-2-4-10-25/h5-8,11H,2-4,9-10H2,1H3,(H,23,24,27). The third-order valence-electron chi connectivity index (χ3n) is 5.37. The highest BCUT2D eigenvalue weighted by Gasteiger charge is 2.23. The number of hydrogen-bond acceptors (Lipinski definition) is 8. The van der Waals surface area contributed by atoms with E-state index in [-0.39, 0.29) is 11.3 Å². The molecule has 0 bridgehead atoms. The third-order valence-corrected chi connectivity index (χ3v) is 7.51. The van der Waals surface area contributed by atoms with Crippen LogP contribution in [0.25, 0.3) is 20.4 Å². The number of carbonyl (C=O) groups excluding carboxylic acids is 1. The molecule has 0 unspecified atom stereocenters. The van der Waals surface area contributed by atoms with Gasteiger partial charge in [-0.2, -0.15) is 0 Å². The van der Waals surface area contributed by atoms with Crippen molar-refractivity contribution in [2.24, 2.45) is 0 Å². The van der Waals surface area contributed by atoms with E-state index in [4.69, 9.17) is 0 Å². The first kappa shape index (κ1) is 19.8. The Labute approximate surface area is 185 Å². The van der Waals surface area contributed by atoms with Crippen LogP contribution in [0, 0.1) is 17.0 Å². The van der Waals surface area contributed by atoms with E-state index in [0.717, 1.165) is 57.8 Å². The Morgan fingerprint density at radius 2 is 1.77 bits per heavy atom. The van der Waals surface area contributed by atoms with Crippen LogP contribution in [0.3, 0.4) is 0 Å². The number of piperidine rings is 1. The largest absolute Gasteiger partial charge is 0.366 e. The molecule has 1 N–H and O–H groups in total. The number of nitro groups is 1. The van der Waals surface area contributed by atoms with Crippen LogP contribution in [0.5, 0.6) is 0 Å². The molecule has 1 fully saturated rings. The van der Waals surface area contributed by atoms with Gasteiger partial charge in [0.05, 0.1) is 30.4 Å². The Balaban J connectivity index is 1.44. The molecule has 0 saturated carbocycles. The van der Waals surface area contributed by atoms with Gasteiger partial charge in [-0.1, -0.05) is 11.3 Å². The summed E-state index contributed by atoms with van der Waals surface area (Å²) in [6, 6.07) is 8.50. The molecule has 158 valence electrons. The average Bonchev–Trinajstić information content (AvgIpc) is 3.35. The lowest BCUT2D eigenvalue weighted by Crippen LogP contribution is -2.30. The van der Waals surface area contributed by atoms with Crippen molar-refractivity contribution in [3.63, 3.8) is 0 Å². The van der Waals surface area contributed by atoms with Crippen LogP contribution in [0.2, 0.25) is 0 Å². The van der Waals surface area contributed by atoms with E-state index in [1.165, 1.54) is 17.4 Å². The van der Waals surface area contributed by atoms with Gasteiger partial charge in [-0.05, 0) is 50.5 Å². The minimum Gasteiger partial charge on any atom is -0.366 e. The number of fused-ring (bicyclic) bond motifs is 3. The van der Waals surface area contributed by atoms with Crippen LogP contribution in [0.1, 0.15) is 34.6 Å². The maximum absolute atomic E-state index is 12.8. The van der Waals surface area contributed by atoms with E-state index in [9.17, 15) is 14.9 Å². The average molecular weight is 454 g/mol. The third kappa shape index (κ3) is 3.72. The predicted octanol–water partition coefficient (Wildman–Crippen LogP) is 5.37. The Bertz CT molecular complexity index is 1320. The highest BCUT2D eigenvalue weighted by Crippen LogP contribution is 2.36. The molecule has 3 heterocycles. The van der Waals surface area contributed by atoms with Gasteiger partial charge >= 0.3 is 0 Å². The minimum absolute atomic E-state index is 0.0410. The quantitative estimate of drug-likeness (QED) is 0.329. The molecule has 2 aromatic carbocycles. The molecule has 8 nitrogen and oxygen atoms in total. The van der Waals surface area contributed by atoms with Gasteiger partial charge in [0, 0.05) is 24.7 Å². The van der Waals surface area contributed by atoms with Gasteiger partial charge < -0.3 is 4.90 Å². The molecule has 1 aliphatic rings. The Hall–Kier alpha value is -3.11. The van der Waals surface area contributed by atoms with Gasteiger partial charge in [0.25, 0.3) is 11.6 Å². The first-order chi connectivity index (χ1) is 15.0. The number of anilines is 2. The molecule has 1 amide bonds. The summed E-state index contributed by atoms with van der Waals surface area (Å²) in [7, 11) is 0. The van der Waals surface area contributed by atoms with Crippen LogP contribution >= 0.6 is 22.7 Å². The van der Waals surface area contributed by atoms with E-state index in [2.05, 4.69) is 15.3 Å². The summed E-state index contributed by atoms with van der Waals surface area (Å²) in [5.74, 6) is -0.413. The predicted molar refractivity (Wildman–Crippen MR) is 125 cm³/mol. The number of nitrogens with one attached hydrogen (secondary N) is 1. The molecule has 4 aromatic rings. The second kappa shape index (κ2) is 7.86. The second-order valence-electron chi connectivity index (χ2n) is 7.48. The Kier molecular flexibility index (Phi) is 5.03. The number of carbonyl (C=O) groups is 1. The molecule has 0 radical (unpaired) electrons. The Morgan fingerprint density at radius 1 is 1.06 bits per heavy atom. The number of aryl methyl sites for hydroxylation is 1. The fourth-order valence-corrected chi connectivity index (χ4v) is 5.92. The molecule has 31 heavy (non-hydrogen) atoms. The topological polar surface area (TPSA) is 101 Å². The first-order valence-electron chi connectivity index (χ1n) is 10.0. The fourth-order valence-electron chi connectivity index (χ4n) is 3.92. The van der Waals surface area contributed by atoms with Gasteiger partial charge in [0.15, 0.2) is 5.13 Å². The minimum atomic E-state index is -0.415. The smallest absolute Gasteiger partial charge is 0.293 e. The zero-order valence-corrected chi connectivity index (χ0v) is 18.4. The summed E-state index contributed by atoms with van der Waals surface area (Å²) in [5.41, 5.74) is 2.48. The van der Waals surface area contributed by atoms with Crippen molar-refractivity contribution in [3.05, 3.63) is 51.0 Å². The molecule has 10 heteroatoms. The summed E-state index contributed by atoms with van der Waals surface area (Å²) in [6.07, 6.45) is 3.17. The summed E-state index contributed by atoms with van der Waals surface area (Å²) < 4.78 is 2.03. The highest BCUT2D eigenvalue weighted by molar-refractivity contribution is 7.28. The highest BCUT2D eigenvalue weighted by atomic mass is 32.1. The van der Waals surface area contributed by atoms with E-state index in [1.807, 2.05) is 24.0 Å². The number of nitro benzene ring substituents is 1. The maximum atomic E-state index is 12.8. The number of nitrogens with zero attached hydrogens (tertiary/aromatic N) is 4. The van der Waals surface area contributed by atoms with Crippen LogP contribution in [-0.4, -0.2) is 33.9 Å². The molecule has 0 aliphatic carbocycles. The van der Waals surface area contributed by atoms with E-state index in [0.29, 0.717) is 10.8 Å². The van der Waals surface area contributed by atoms with Crippen molar-refractivity contribution < 1.29 is 9.72 Å². The molecular formula is C21H19N5O3S2. The van der Waals surface area contributed by atoms with E-state index >= 15 is 0 Å². The van der Waals surface area contributed by atoms with Gasteiger partial charge in [-0.15, -0.1) is 11.3 Å². The van der Waals surface area contributed by atoms with E-state index < -0.39 is 10.8 Å². The fraction of sp³-hybridized carbons (Fsp3) is 0.286. The molecule has 1 saturated heterocycles. The SMILES string of the molecule is Cc1nc2ccc3nc(NC(=O)c4ccc(N5CCCCC5)c([N+](=O)[O-])c4)sc3c2s1. The lowest BCUT2D eigenvalue weighted by Gasteiger charge is -2.28. The molecule has 2 aromatic heterocycles. The van der Waals surface area contributed by atoms with Crippen molar-refractivity contribution in [1.29, 1.82) is 0 Å². The number of amides is 1. The van der Waals surface area contributed by atoms with Crippen LogP contribution in [0.4, 0.5) is 16.5 Å². The molecule has 5 rings (SSSR count). The van der Waals surface area contributed by atoms with Gasteiger partial charge in [-0.25, -0.2) is 9.97 Å². The summed E-state index contributed by atoms with van der Waals surface area (Å²) >= 11 is 2.98. The monoisotopic (exact) mass is 453 g/mol. The zero-order chi connectivity index (χ0) is 21.5. The molecular weight excluding hydrogens is 434 g/mol. The van der Waals surface area contributed by atoms with Gasteiger partial charge in [0.1, 0.15) is 5.69 Å². The van der Waals surface area contributed by atoms with Gasteiger partial charge in [-0.3, -0.25) is 20.2 Å². The summed E-state index contributed by atoms with van der Waals surface area (Å²) in [5, 5.41) is 15.9. The summed E-state index contributed by atoms with van der Waals surface area (Å²) in [4.78, 5) is 35.1. The number of benzene rings is 2. The van der Waals surface area contributed by atoms with Crippen LogP contribution in [0.15, 0.2) is 30.3 Å². The van der Waals surface area contributed by atoms with Crippen molar-refractivity contribution in [2.75, 3.05) is 23.3 Å². The van der Waals surface area contributed by atoms with Crippen molar-refractivity contribution >= 4 is 65.5 Å². The van der Waals surface area contributed by atoms with Crippen molar-refractivity contribution in [3.8, 4) is 0 Å². The summed E-state index contributed by atoms with van der Waals surface area (Å²) in [6.45, 7) is 3.55. The normalized spacial score (nSPS) is 14.3. The molecule has 0 atom stereocenters. The number of thiazole rings is 2. The van der Waals surface area contributed by atoms with Crippen molar-refractivity contribution in [2.45, 2.75) is 26.2 Å². The lowest BCUT2D eigenvalue weighted by molar-refractivity contribution is -0.384. The molecule has 1 aliphatic heterocycles. The van der Waals surface area contributed by atoms with E-state index in [1.54, 1.807) is 23.5 Å². The first-order valence-corrected chi connectivity index (χ1v) is 11.6. The number of rotatable bonds is 4. The van der Waals surface area contributed by atoms with Crippen LogP contribution < -0.4 is 10.2 Å². The van der Waals surface area contributed by atoms with Crippen molar-refractivity contribution in [1.82, 2.24) is 9.97 Å². The molecule has 0 spiro atoms.